The number of likely N-dealkylation sites (N-methyl/N-ethyl adjacent to an activating group) is 1. The van der Waals surface area contributed by atoms with Crippen molar-refractivity contribution in [1.29, 1.82) is 0 Å². The Balaban J connectivity index is 1.72. The second kappa shape index (κ2) is 9.42. The molecule has 158 valence electrons. The minimum atomic E-state index is -3.80. The second-order valence-electron chi connectivity index (χ2n) is 7.20. The van der Waals surface area contributed by atoms with Crippen LogP contribution in [0.15, 0.2) is 70.9 Å². The molecule has 0 spiro atoms. The largest absolute Gasteiger partial charge is 0.350 e. The van der Waals surface area contributed by atoms with Crippen LogP contribution < -0.4 is 10.0 Å². The van der Waals surface area contributed by atoms with Gasteiger partial charge in [-0.1, -0.05) is 29.8 Å². The van der Waals surface area contributed by atoms with Crippen molar-refractivity contribution in [3.05, 3.63) is 82.0 Å². The van der Waals surface area contributed by atoms with Crippen LogP contribution in [0.2, 0.25) is 0 Å². The number of carbonyl (C=O) groups excluding carboxylic acids is 1. The number of amides is 1. The van der Waals surface area contributed by atoms with Crippen LogP contribution in [0.1, 0.15) is 26.8 Å². The molecule has 30 heavy (non-hydrogen) atoms. The Hall–Kier alpha value is -2.68. The minimum absolute atomic E-state index is 0.0399. The van der Waals surface area contributed by atoms with Gasteiger partial charge in [-0.05, 0) is 62.8 Å². The highest BCUT2D eigenvalue weighted by atomic mass is 32.2. The van der Waals surface area contributed by atoms with Crippen molar-refractivity contribution in [2.45, 2.75) is 17.9 Å². The molecular weight excluding hydrogens is 418 g/mol. The highest BCUT2D eigenvalue weighted by molar-refractivity contribution is 7.92. The number of hydrogen-bond acceptors (Lipinski definition) is 5. The van der Waals surface area contributed by atoms with E-state index in [1.165, 1.54) is 12.1 Å². The maximum Gasteiger partial charge on any atom is 0.261 e. The minimum Gasteiger partial charge on any atom is -0.350 e. The molecule has 0 radical (unpaired) electrons. The molecular formula is C22H25N3O3S2. The van der Waals surface area contributed by atoms with E-state index < -0.39 is 10.0 Å². The normalized spacial score (nSPS) is 12.5. The van der Waals surface area contributed by atoms with Crippen molar-refractivity contribution in [2.24, 2.45) is 0 Å². The summed E-state index contributed by atoms with van der Waals surface area (Å²) < 4.78 is 28.0. The molecule has 3 aromatic rings. The predicted octanol–water partition coefficient (Wildman–Crippen LogP) is 3.89. The summed E-state index contributed by atoms with van der Waals surface area (Å²) in [4.78, 5) is 15.9. The molecule has 0 fully saturated rings. The zero-order chi connectivity index (χ0) is 21.7. The molecule has 2 aromatic carbocycles. The van der Waals surface area contributed by atoms with Crippen LogP contribution in [-0.4, -0.2) is 39.9 Å². The highest BCUT2D eigenvalue weighted by Crippen LogP contribution is 2.23. The number of carbonyl (C=O) groups is 1. The first-order valence-electron chi connectivity index (χ1n) is 9.44. The summed E-state index contributed by atoms with van der Waals surface area (Å²) in [6, 6.07) is 17.2. The van der Waals surface area contributed by atoms with Crippen molar-refractivity contribution in [3.8, 4) is 0 Å². The van der Waals surface area contributed by atoms with E-state index in [1.807, 2.05) is 55.6 Å². The van der Waals surface area contributed by atoms with Crippen molar-refractivity contribution in [2.75, 3.05) is 25.4 Å². The summed E-state index contributed by atoms with van der Waals surface area (Å²) in [5, 5.41) is 4.92. The SMILES string of the molecule is Cc1ccc(NS(=O)(=O)c2cccc(C(=O)NC[C@H](c3cccs3)N(C)C)c2)cc1. The van der Waals surface area contributed by atoms with E-state index in [0.717, 1.165) is 10.4 Å². The van der Waals surface area contributed by atoms with E-state index in [0.29, 0.717) is 17.8 Å². The Morgan fingerprint density at radius 2 is 1.80 bits per heavy atom. The highest BCUT2D eigenvalue weighted by Gasteiger charge is 2.19. The molecule has 0 saturated carbocycles. The molecule has 1 atom stereocenters. The van der Waals surface area contributed by atoms with Gasteiger partial charge >= 0.3 is 0 Å². The van der Waals surface area contributed by atoms with E-state index in [2.05, 4.69) is 10.0 Å². The van der Waals surface area contributed by atoms with Crippen LogP contribution in [0, 0.1) is 6.92 Å². The molecule has 0 saturated heterocycles. The third kappa shape index (κ3) is 5.47. The van der Waals surface area contributed by atoms with Gasteiger partial charge in [-0.15, -0.1) is 11.3 Å². The summed E-state index contributed by atoms with van der Waals surface area (Å²) in [6.45, 7) is 2.35. The zero-order valence-corrected chi connectivity index (χ0v) is 18.8. The molecule has 0 aliphatic rings. The monoisotopic (exact) mass is 443 g/mol. The lowest BCUT2D eigenvalue weighted by Crippen LogP contribution is -2.34. The lowest BCUT2D eigenvalue weighted by Gasteiger charge is -2.23. The number of anilines is 1. The van der Waals surface area contributed by atoms with Crippen molar-refractivity contribution >= 4 is 33.0 Å². The topological polar surface area (TPSA) is 78.5 Å². The van der Waals surface area contributed by atoms with Crippen LogP contribution in [0.4, 0.5) is 5.69 Å². The molecule has 3 rings (SSSR count). The molecule has 1 heterocycles. The first-order valence-corrected chi connectivity index (χ1v) is 11.8. The van der Waals surface area contributed by atoms with E-state index in [1.54, 1.807) is 35.6 Å². The molecule has 8 heteroatoms. The van der Waals surface area contributed by atoms with E-state index >= 15 is 0 Å². The van der Waals surface area contributed by atoms with Crippen LogP contribution in [0.25, 0.3) is 0 Å². The zero-order valence-electron chi connectivity index (χ0n) is 17.1. The quantitative estimate of drug-likeness (QED) is 0.554. The second-order valence-corrected chi connectivity index (χ2v) is 9.87. The fraction of sp³-hybridized carbons (Fsp3) is 0.227. The van der Waals surface area contributed by atoms with Gasteiger partial charge in [0.1, 0.15) is 0 Å². The molecule has 0 unspecified atom stereocenters. The van der Waals surface area contributed by atoms with Gasteiger partial charge in [0.05, 0.1) is 10.9 Å². The molecule has 0 aliphatic heterocycles. The van der Waals surface area contributed by atoms with Crippen LogP contribution in [0.3, 0.4) is 0 Å². The summed E-state index contributed by atoms with van der Waals surface area (Å²) in [7, 11) is 0.119. The average molecular weight is 444 g/mol. The molecule has 6 nitrogen and oxygen atoms in total. The van der Waals surface area contributed by atoms with Gasteiger partial charge in [-0.2, -0.15) is 0 Å². The molecule has 1 amide bonds. The van der Waals surface area contributed by atoms with Gasteiger partial charge in [-0.3, -0.25) is 9.52 Å². The molecule has 2 N–H and O–H groups in total. The van der Waals surface area contributed by atoms with E-state index in [-0.39, 0.29) is 16.8 Å². The van der Waals surface area contributed by atoms with Gasteiger partial charge in [0, 0.05) is 22.7 Å². The van der Waals surface area contributed by atoms with Gasteiger partial charge in [0.2, 0.25) is 0 Å². The average Bonchev–Trinajstić information content (AvgIpc) is 3.24. The van der Waals surface area contributed by atoms with Crippen LogP contribution >= 0.6 is 11.3 Å². The van der Waals surface area contributed by atoms with Crippen molar-refractivity contribution < 1.29 is 13.2 Å². The predicted molar refractivity (Wildman–Crippen MR) is 122 cm³/mol. The summed E-state index contributed by atoms with van der Waals surface area (Å²) in [5.74, 6) is -0.314. The number of benzene rings is 2. The van der Waals surface area contributed by atoms with Crippen LogP contribution in [-0.2, 0) is 10.0 Å². The number of rotatable bonds is 8. The number of thiophene rings is 1. The third-order valence-electron chi connectivity index (χ3n) is 4.66. The fourth-order valence-electron chi connectivity index (χ4n) is 2.95. The number of nitrogens with one attached hydrogen (secondary N) is 2. The van der Waals surface area contributed by atoms with E-state index in [4.69, 9.17) is 0 Å². The Labute approximate surface area is 181 Å². The Bertz CT molecular complexity index is 1090. The van der Waals surface area contributed by atoms with E-state index in [9.17, 15) is 13.2 Å². The van der Waals surface area contributed by atoms with Gasteiger partial charge < -0.3 is 10.2 Å². The lowest BCUT2D eigenvalue weighted by atomic mass is 10.2. The number of sulfonamides is 1. The summed E-state index contributed by atoms with van der Waals surface area (Å²) in [6.07, 6.45) is 0. The lowest BCUT2D eigenvalue weighted by molar-refractivity contribution is 0.0942. The summed E-state index contributed by atoms with van der Waals surface area (Å²) >= 11 is 1.63. The number of aryl methyl sites for hydroxylation is 1. The fourth-order valence-corrected chi connectivity index (χ4v) is 4.98. The van der Waals surface area contributed by atoms with Gasteiger partial charge in [-0.25, -0.2) is 8.42 Å². The Morgan fingerprint density at radius 1 is 1.07 bits per heavy atom. The first-order chi connectivity index (χ1) is 14.3. The third-order valence-corrected chi connectivity index (χ3v) is 7.01. The van der Waals surface area contributed by atoms with Crippen molar-refractivity contribution in [1.82, 2.24) is 10.2 Å². The maximum absolute atomic E-state index is 12.7. The van der Waals surface area contributed by atoms with Crippen LogP contribution in [0.5, 0.6) is 0 Å². The number of hydrogen-bond donors (Lipinski definition) is 2. The van der Waals surface area contributed by atoms with Gasteiger partial charge in [0.15, 0.2) is 0 Å². The molecule has 1 aromatic heterocycles. The first kappa shape index (κ1) is 22.0. The Morgan fingerprint density at radius 3 is 2.43 bits per heavy atom. The Kier molecular flexibility index (Phi) is 6.91. The van der Waals surface area contributed by atoms with Crippen molar-refractivity contribution in [3.63, 3.8) is 0 Å². The number of nitrogens with zero attached hydrogens (tertiary/aromatic N) is 1. The standard InChI is InChI=1S/C22H25N3O3S2/c1-16-9-11-18(12-10-16)24-30(27,28)19-7-4-6-17(14-19)22(26)23-15-20(25(2)3)21-8-5-13-29-21/h4-14,20,24H,15H2,1-3H3,(H,23,26)/t20-/m1/s1. The molecule has 0 aliphatic carbocycles. The smallest absolute Gasteiger partial charge is 0.261 e. The summed E-state index contributed by atoms with van der Waals surface area (Å²) in [5.41, 5.74) is 1.81. The molecule has 0 bridgehead atoms. The maximum atomic E-state index is 12.7. The van der Waals surface area contributed by atoms with Gasteiger partial charge in [0.25, 0.3) is 15.9 Å².